The molecule has 0 saturated carbocycles. The molecule has 1 heterocycles. The van der Waals surface area contributed by atoms with Crippen LogP contribution >= 0.6 is 0 Å². The lowest BCUT2D eigenvalue weighted by Gasteiger charge is -1.99. The lowest BCUT2D eigenvalue weighted by Crippen LogP contribution is -2.13. The molecular weight excluding hydrogens is 132 g/mol. The predicted octanol–water partition coefficient (Wildman–Crippen LogP) is -1.27. The van der Waals surface area contributed by atoms with E-state index in [1.54, 1.807) is 4.68 Å². The first-order chi connectivity index (χ1) is 4.88. The van der Waals surface area contributed by atoms with E-state index >= 15 is 0 Å². The van der Waals surface area contributed by atoms with Crippen molar-refractivity contribution in [2.24, 2.45) is 5.73 Å². The molecule has 3 N–H and O–H groups in total. The lowest BCUT2D eigenvalue weighted by atomic mass is 10.5. The molecule has 56 valence electrons. The molecule has 1 aromatic heterocycles. The van der Waals surface area contributed by atoms with Gasteiger partial charge in [0, 0.05) is 6.54 Å². The first-order valence-electron chi connectivity index (χ1n) is 3.06. The van der Waals surface area contributed by atoms with Crippen molar-refractivity contribution >= 4 is 0 Å². The maximum absolute atomic E-state index is 8.69. The summed E-state index contributed by atoms with van der Waals surface area (Å²) < 4.78 is 1.58. The van der Waals surface area contributed by atoms with Crippen LogP contribution in [0, 0.1) is 0 Å². The summed E-state index contributed by atoms with van der Waals surface area (Å²) in [5.74, 6) is 0. The Hall–Kier alpha value is -0.940. The predicted molar refractivity (Wildman–Crippen MR) is 35.0 cm³/mol. The Kier molecular flexibility index (Phi) is 2.35. The van der Waals surface area contributed by atoms with Crippen molar-refractivity contribution in [3.8, 4) is 0 Å². The van der Waals surface area contributed by atoms with E-state index in [2.05, 4.69) is 10.3 Å². The highest BCUT2D eigenvalue weighted by atomic mass is 16.3. The largest absolute Gasteiger partial charge is 0.390 e. The van der Waals surface area contributed by atoms with Crippen molar-refractivity contribution in [1.82, 2.24) is 15.0 Å². The molecule has 0 bridgehead atoms. The number of aliphatic hydroxyl groups is 1. The molecule has 0 atom stereocenters. The Morgan fingerprint density at radius 1 is 1.70 bits per heavy atom. The third kappa shape index (κ3) is 1.31. The zero-order valence-electron chi connectivity index (χ0n) is 5.56. The van der Waals surface area contributed by atoms with Crippen LogP contribution in [0.1, 0.15) is 5.69 Å². The molecule has 0 aliphatic carbocycles. The van der Waals surface area contributed by atoms with Gasteiger partial charge in [0.25, 0.3) is 0 Å². The Labute approximate surface area is 58.5 Å². The molecule has 0 unspecified atom stereocenters. The van der Waals surface area contributed by atoms with E-state index in [1.165, 1.54) is 6.20 Å². The zero-order valence-corrected chi connectivity index (χ0v) is 5.56. The average molecular weight is 142 g/mol. The average Bonchev–Trinajstić information content (AvgIpc) is 2.36. The summed E-state index contributed by atoms with van der Waals surface area (Å²) in [6.07, 6.45) is 1.52. The van der Waals surface area contributed by atoms with E-state index < -0.39 is 0 Å². The first-order valence-corrected chi connectivity index (χ1v) is 3.06. The van der Waals surface area contributed by atoms with Crippen LogP contribution in [0.5, 0.6) is 0 Å². The van der Waals surface area contributed by atoms with E-state index in [0.29, 0.717) is 18.8 Å². The van der Waals surface area contributed by atoms with Gasteiger partial charge in [-0.25, -0.2) is 4.68 Å². The van der Waals surface area contributed by atoms with Gasteiger partial charge in [0.05, 0.1) is 25.0 Å². The molecule has 0 saturated heterocycles. The second-order valence-electron chi connectivity index (χ2n) is 1.90. The van der Waals surface area contributed by atoms with Crippen molar-refractivity contribution in [3.63, 3.8) is 0 Å². The lowest BCUT2D eigenvalue weighted by molar-refractivity contribution is 0.268. The molecule has 10 heavy (non-hydrogen) atoms. The van der Waals surface area contributed by atoms with Gasteiger partial charge in [0.15, 0.2) is 0 Å². The number of aromatic nitrogens is 3. The summed E-state index contributed by atoms with van der Waals surface area (Å²) in [5, 5.41) is 16.0. The van der Waals surface area contributed by atoms with Crippen LogP contribution in [0.25, 0.3) is 0 Å². The fraction of sp³-hybridized carbons (Fsp3) is 0.600. The van der Waals surface area contributed by atoms with Gasteiger partial charge in [-0.3, -0.25) is 0 Å². The van der Waals surface area contributed by atoms with Gasteiger partial charge >= 0.3 is 0 Å². The van der Waals surface area contributed by atoms with E-state index in [1.807, 2.05) is 0 Å². The maximum Gasteiger partial charge on any atom is 0.0866 e. The molecule has 0 aromatic carbocycles. The third-order valence-electron chi connectivity index (χ3n) is 1.20. The summed E-state index contributed by atoms with van der Waals surface area (Å²) >= 11 is 0. The molecule has 5 nitrogen and oxygen atoms in total. The molecule has 0 fully saturated rings. The Morgan fingerprint density at radius 2 is 2.50 bits per heavy atom. The highest BCUT2D eigenvalue weighted by Gasteiger charge is 1.98. The van der Waals surface area contributed by atoms with Crippen LogP contribution in [0.15, 0.2) is 6.20 Å². The minimum Gasteiger partial charge on any atom is -0.390 e. The van der Waals surface area contributed by atoms with Gasteiger partial charge < -0.3 is 10.8 Å². The fourth-order valence-electron chi connectivity index (χ4n) is 0.712. The Bertz CT molecular complexity index is 197. The van der Waals surface area contributed by atoms with Gasteiger partial charge in [-0.2, -0.15) is 0 Å². The fourth-order valence-corrected chi connectivity index (χ4v) is 0.712. The number of nitrogens with two attached hydrogens (primary N) is 1. The maximum atomic E-state index is 8.69. The summed E-state index contributed by atoms with van der Waals surface area (Å²) in [5.41, 5.74) is 5.97. The topological polar surface area (TPSA) is 77.0 Å². The molecular formula is C5H10N4O. The van der Waals surface area contributed by atoms with Gasteiger partial charge in [-0.1, -0.05) is 5.21 Å². The molecule has 1 rings (SSSR count). The van der Waals surface area contributed by atoms with E-state index in [4.69, 9.17) is 10.8 Å². The van der Waals surface area contributed by atoms with Crippen molar-refractivity contribution in [1.29, 1.82) is 0 Å². The van der Waals surface area contributed by atoms with Crippen LogP contribution < -0.4 is 5.73 Å². The molecule has 0 aliphatic heterocycles. The van der Waals surface area contributed by atoms with E-state index in [9.17, 15) is 0 Å². The van der Waals surface area contributed by atoms with E-state index in [-0.39, 0.29) is 6.61 Å². The molecule has 0 spiro atoms. The van der Waals surface area contributed by atoms with Crippen LogP contribution in [-0.4, -0.2) is 26.6 Å². The number of rotatable bonds is 3. The minimum atomic E-state index is -0.0347. The van der Waals surface area contributed by atoms with Crippen molar-refractivity contribution < 1.29 is 5.11 Å². The molecule has 5 heteroatoms. The second kappa shape index (κ2) is 3.28. The van der Waals surface area contributed by atoms with Crippen LogP contribution in [-0.2, 0) is 13.2 Å². The zero-order chi connectivity index (χ0) is 7.40. The smallest absolute Gasteiger partial charge is 0.0866 e. The number of hydrogen-bond acceptors (Lipinski definition) is 4. The van der Waals surface area contributed by atoms with Gasteiger partial charge in [0.2, 0.25) is 0 Å². The number of hydrogen-bond donors (Lipinski definition) is 2. The third-order valence-corrected chi connectivity index (χ3v) is 1.20. The summed E-state index contributed by atoms with van der Waals surface area (Å²) in [7, 11) is 0. The van der Waals surface area contributed by atoms with Crippen LogP contribution in [0.3, 0.4) is 0 Å². The molecule has 0 amide bonds. The number of nitrogens with zero attached hydrogens (tertiary/aromatic N) is 3. The van der Waals surface area contributed by atoms with Crippen LogP contribution in [0.2, 0.25) is 0 Å². The van der Waals surface area contributed by atoms with E-state index in [0.717, 1.165) is 0 Å². The highest BCUT2D eigenvalue weighted by molar-refractivity contribution is 4.90. The molecule has 0 radical (unpaired) electrons. The Morgan fingerprint density at radius 3 is 3.10 bits per heavy atom. The summed E-state index contributed by atoms with van der Waals surface area (Å²) in [4.78, 5) is 0. The van der Waals surface area contributed by atoms with Crippen LogP contribution in [0.4, 0.5) is 0 Å². The van der Waals surface area contributed by atoms with Gasteiger partial charge in [0.1, 0.15) is 0 Å². The summed E-state index contributed by atoms with van der Waals surface area (Å²) in [6.45, 7) is 1.08. The molecule has 1 aromatic rings. The normalized spacial score (nSPS) is 10.2. The van der Waals surface area contributed by atoms with Gasteiger partial charge in [-0.05, 0) is 0 Å². The first kappa shape index (κ1) is 7.17. The highest BCUT2D eigenvalue weighted by Crippen LogP contribution is 1.93. The minimum absolute atomic E-state index is 0.0347. The molecule has 0 aliphatic rings. The monoisotopic (exact) mass is 142 g/mol. The van der Waals surface area contributed by atoms with Crippen molar-refractivity contribution in [2.45, 2.75) is 13.2 Å². The standard InChI is InChI=1S/C5H10N4O/c6-1-2-9-5(4-10)3-7-8-9/h3,10H,1-2,4,6H2. The van der Waals surface area contributed by atoms with Gasteiger partial charge in [-0.15, -0.1) is 5.10 Å². The van der Waals surface area contributed by atoms with Crippen molar-refractivity contribution in [3.05, 3.63) is 11.9 Å². The Balaban J connectivity index is 2.70. The number of aliphatic hydroxyl groups excluding tert-OH is 1. The SMILES string of the molecule is NCCn1nncc1CO. The summed E-state index contributed by atoms with van der Waals surface area (Å²) in [6, 6.07) is 0. The van der Waals surface area contributed by atoms with Crippen molar-refractivity contribution in [2.75, 3.05) is 6.54 Å². The quantitative estimate of drug-likeness (QED) is 0.551. The second-order valence-corrected chi connectivity index (χ2v) is 1.90.